The van der Waals surface area contributed by atoms with Crippen molar-refractivity contribution < 1.29 is 5.11 Å². The molecular formula is C11H14O. The first-order valence-electron chi connectivity index (χ1n) is 4.56. The average Bonchev–Trinajstić information content (AvgIpc) is 2.87. The Labute approximate surface area is 73.0 Å². The molecule has 0 heterocycles. The van der Waals surface area contributed by atoms with Crippen molar-refractivity contribution in [2.24, 2.45) is 5.92 Å². The predicted octanol–water partition coefficient (Wildman–Crippen LogP) is 2.91. The summed E-state index contributed by atoms with van der Waals surface area (Å²) in [5, 5.41) is 9.09. The molecule has 0 radical (unpaired) electrons. The fourth-order valence-corrected chi connectivity index (χ4v) is 1.65. The molecule has 0 saturated heterocycles. The second-order valence-corrected chi connectivity index (χ2v) is 3.72. The molecule has 1 N–H and O–H groups in total. The smallest absolute Gasteiger partial charge is 0.115 e. The maximum atomic E-state index is 9.09. The Kier molecular flexibility index (Phi) is 1.80. The van der Waals surface area contributed by atoms with Crippen molar-refractivity contribution in [2.45, 2.75) is 25.7 Å². The zero-order chi connectivity index (χ0) is 8.55. The zero-order valence-electron chi connectivity index (χ0n) is 7.33. The van der Waals surface area contributed by atoms with E-state index < -0.39 is 0 Å². The van der Waals surface area contributed by atoms with Crippen LogP contribution in [0, 0.1) is 5.92 Å². The van der Waals surface area contributed by atoms with E-state index in [0.717, 1.165) is 5.92 Å². The summed E-state index contributed by atoms with van der Waals surface area (Å²) in [5.74, 6) is 1.93. The summed E-state index contributed by atoms with van der Waals surface area (Å²) in [7, 11) is 0. The van der Waals surface area contributed by atoms with Crippen LogP contribution >= 0.6 is 0 Å². The summed E-state index contributed by atoms with van der Waals surface area (Å²) in [5.41, 5.74) is 1.36. The van der Waals surface area contributed by atoms with Crippen LogP contribution in [-0.4, -0.2) is 5.11 Å². The third kappa shape index (κ3) is 1.45. The van der Waals surface area contributed by atoms with Gasteiger partial charge in [0.05, 0.1) is 0 Å². The Bertz CT molecular complexity index is 259. The quantitative estimate of drug-likeness (QED) is 0.709. The van der Waals surface area contributed by atoms with Gasteiger partial charge in [-0.25, -0.2) is 0 Å². The molecule has 1 fully saturated rings. The minimum absolute atomic E-state index is 0.363. The Morgan fingerprint density at radius 3 is 2.33 bits per heavy atom. The van der Waals surface area contributed by atoms with Crippen molar-refractivity contribution >= 4 is 0 Å². The molecule has 1 aromatic carbocycles. The lowest BCUT2D eigenvalue weighted by molar-refractivity contribution is 0.474. The van der Waals surface area contributed by atoms with Gasteiger partial charge in [-0.2, -0.15) is 0 Å². The van der Waals surface area contributed by atoms with E-state index in [9.17, 15) is 0 Å². The largest absolute Gasteiger partial charge is 0.508 e. The summed E-state index contributed by atoms with van der Waals surface area (Å²) in [6.07, 6.45) is 2.75. The molecule has 64 valence electrons. The van der Waals surface area contributed by atoms with Gasteiger partial charge in [0.15, 0.2) is 0 Å². The van der Waals surface area contributed by atoms with E-state index in [2.05, 4.69) is 6.92 Å². The first-order valence-corrected chi connectivity index (χ1v) is 4.56. The van der Waals surface area contributed by atoms with Crippen molar-refractivity contribution in [3.63, 3.8) is 0 Å². The van der Waals surface area contributed by atoms with Crippen molar-refractivity contribution in [2.75, 3.05) is 0 Å². The van der Waals surface area contributed by atoms with Crippen LogP contribution in [0.25, 0.3) is 0 Å². The molecule has 12 heavy (non-hydrogen) atoms. The van der Waals surface area contributed by atoms with E-state index in [1.807, 2.05) is 12.1 Å². The molecule has 0 aromatic heterocycles. The van der Waals surface area contributed by atoms with Gasteiger partial charge in [0.2, 0.25) is 0 Å². The van der Waals surface area contributed by atoms with E-state index in [4.69, 9.17) is 5.11 Å². The molecule has 1 saturated carbocycles. The van der Waals surface area contributed by atoms with Crippen LogP contribution in [0.1, 0.15) is 31.2 Å². The molecule has 0 amide bonds. The van der Waals surface area contributed by atoms with Gasteiger partial charge < -0.3 is 5.11 Å². The highest BCUT2D eigenvalue weighted by atomic mass is 16.3. The molecule has 2 rings (SSSR count). The molecule has 0 spiro atoms. The molecule has 1 aliphatic rings. The van der Waals surface area contributed by atoms with Gasteiger partial charge in [-0.1, -0.05) is 19.1 Å². The fourth-order valence-electron chi connectivity index (χ4n) is 1.65. The van der Waals surface area contributed by atoms with Crippen LogP contribution in [0.2, 0.25) is 0 Å². The highest BCUT2D eigenvalue weighted by Crippen LogP contribution is 2.42. The maximum absolute atomic E-state index is 9.09. The molecule has 0 bridgehead atoms. The van der Waals surface area contributed by atoms with Gasteiger partial charge in [-0.3, -0.25) is 0 Å². The highest BCUT2D eigenvalue weighted by molar-refractivity contribution is 5.28. The maximum Gasteiger partial charge on any atom is 0.115 e. The Balaban J connectivity index is 2.16. The lowest BCUT2D eigenvalue weighted by Crippen LogP contribution is -1.94. The molecule has 1 aromatic rings. The summed E-state index contributed by atoms with van der Waals surface area (Å²) in [4.78, 5) is 0. The molecule has 0 aliphatic heterocycles. The average molecular weight is 162 g/mol. The van der Waals surface area contributed by atoms with Crippen LogP contribution in [0.15, 0.2) is 24.3 Å². The van der Waals surface area contributed by atoms with Gasteiger partial charge in [0, 0.05) is 0 Å². The standard InChI is InChI=1S/C11H14O/c1-8(9-2-3-9)10-4-6-11(12)7-5-10/h4-9,12H,2-3H2,1H3/t8-/m1/s1. The number of phenolic OH excluding ortho intramolecular Hbond substituents is 1. The summed E-state index contributed by atoms with van der Waals surface area (Å²) in [6.45, 7) is 2.27. The van der Waals surface area contributed by atoms with Gasteiger partial charge in [-0.15, -0.1) is 0 Å². The van der Waals surface area contributed by atoms with E-state index in [-0.39, 0.29) is 0 Å². The first-order chi connectivity index (χ1) is 5.77. The van der Waals surface area contributed by atoms with Crippen LogP contribution < -0.4 is 0 Å². The number of aromatic hydroxyl groups is 1. The van der Waals surface area contributed by atoms with Gasteiger partial charge in [0.25, 0.3) is 0 Å². The highest BCUT2D eigenvalue weighted by Gasteiger charge is 2.28. The Hall–Kier alpha value is -0.980. The second-order valence-electron chi connectivity index (χ2n) is 3.72. The van der Waals surface area contributed by atoms with Gasteiger partial charge in [-0.05, 0) is 42.4 Å². The van der Waals surface area contributed by atoms with Gasteiger partial charge >= 0.3 is 0 Å². The van der Waals surface area contributed by atoms with E-state index in [1.54, 1.807) is 12.1 Å². The van der Waals surface area contributed by atoms with Crippen LogP contribution in [0.3, 0.4) is 0 Å². The predicted molar refractivity (Wildman–Crippen MR) is 49.2 cm³/mol. The topological polar surface area (TPSA) is 20.2 Å². The Morgan fingerprint density at radius 2 is 1.83 bits per heavy atom. The van der Waals surface area contributed by atoms with Crippen LogP contribution in [-0.2, 0) is 0 Å². The molecule has 1 atom stereocenters. The lowest BCUT2D eigenvalue weighted by atomic mass is 9.96. The summed E-state index contributed by atoms with van der Waals surface area (Å²) in [6, 6.07) is 7.60. The van der Waals surface area contributed by atoms with E-state index in [0.29, 0.717) is 11.7 Å². The fraction of sp³-hybridized carbons (Fsp3) is 0.455. The summed E-state index contributed by atoms with van der Waals surface area (Å²) < 4.78 is 0. The van der Waals surface area contributed by atoms with Crippen LogP contribution in [0.5, 0.6) is 5.75 Å². The Morgan fingerprint density at radius 1 is 1.25 bits per heavy atom. The number of hydrogen-bond donors (Lipinski definition) is 1. The molecule has 1 nitrogen and oxygen atoms in total. The number of phenols is 1. The normalized spacial score (nSPS) is 19.1. The summed E-state index contributed by atoms with van der Waals surface area (Å²) >= 11 is 0. The van der Waals surface area contributed by atoms with Gasteiger partial charge in [0.1, 0.15) is 5.75 Å². The second kappa shape index (κ2) is 2.81. The zero-order valence-corrected chi connectivity index (χ0v) is 7.33. The first kappa shape index (κ1) is 7.66. The third-order valence-corrected chi connectivity index (χ3v) is 2.75. The molecule has 0 unspecified atom stereocenters. The van der Waals surface area contributed by atoms with Crippen molar-refractivity contribution in [3.05, 3.63) is 29.8 Å². The van der Waals surface area contributed by atoms with E-state index in [1.165, 1.54) is 18.4 Å². The van der Waals surface area contributed by atoms with Crippen LogP contribution in [0.4, 0.5) is 0 Å². The number of benzene rings is 1. The van der Waals surface area contributed by atoms with Crippen molar-refractivity contribution in [1.82, 2.24) is 0 Å². The monoisotopic (exact) mass is 162 g/mol. The number of rotatable bonds is 2. The van der Waals surface area contributed by atoms with Crippen molar-refractivity contribution in [1.29, 1.82) is 0 Å². The molecule has 1 heteroatoms. The van der Waals surface area contributed by atoms with E-state index >= 15 is 0 Å². The minimum atomic E-state index is 0.363. The lowest BCUT2D eigenvalue weighted by Gasteiger charge is -2.09. The van der Waals surface area contributed by atoms with Crippen molar-refractivity contribution in [3.8, 4) is 5.75 Å². The molecule has 1 aliphatic carbocycles. The SMILES string of the molecule is C[C@@H](c1ccc(O)cc1)C1CC1. The molecular weight excluding hydrogens is 148 g/mol. The number of hydrogen-bond acceptors (Lipinski definition) is 1. The minimum Gasteiger partial charge on any atom is -0.508 e. The third-order valence-electron chi connectivity index (χ3n) is 2.75.